The van der Waals surface area contributed by atoms with Crippen LogP contribution < -0.4 is 16.0 Å². The van der Waals surface area contributed by atoms with Gasteiger partial charge >= 0.3 is 12.1 Å². The van der Waals surface area contributed by atoms with E-state index in [0.29, 0.717) is 19.4 Å². The second-order valence-electron chi connectivity index (χ2n) is 7.85. The maximum absolute atomic E-state index is 12.7. The molecular weight excluding hydrogens is 378 g/mol. The van der Waals surface area contributed by atoms with Gasteiger partial charge in [-0.05, 0) is 51.9 Å². The molecule has 9 nitrogen and oxygen atoms in total. The van der Waals surface area contributed by atoms with Gasteiger partial charge in [0.2, 0.25) is 5.91 Å². The zero-order chi connectivity index (χ0) is 22.6. The summed E-state index contributed by atoms with van der Waals surface area (Å²) in [6.45, 7) is 9.02. The Kier molecular flexibility index (Phi) is 11.4. The molecule has 0 saturated carbocycles. The first-order valence-electron chi connectivity index (χ1n) is 9.53. The lowest BCUT2D eigenvalue weighted by atomic mass is 10.0. The van der Waals surface area contributed by atoms with Crippen molar-refractivity contribution < 1.29 is 28.7 Å². The van der Waals surface area contributed by atoms with Crippen molar-refractivity contribution in [1.82, 2.24) is 16.0 Å². The van der Waals surface area contributed by atoms with E-state index in [1.807, 2.05) is 5.92 Å². The van der Waals surface area contributed by atoms with E-state index in [0.717, 1.165) is 0 Å². The van der Waals surface area contributed by atoms with Gasteiger partial charge in [0, 0.05) is 6.54 Å². The zero-order valence-electron chi connectivity index (χ0n) is 18.1. The number of rotatable bonds is 10. The molecule has 0 fully saturated rings. The molecule has 29 heavy (non-hydrogen) atoms. The first kappa shape index (κ1) is 26.2. The van der Waals surface area contributed by atoms with Crippen molar-refractivity contribution in [3.63, 3.8) is 0 Å². The second-order valence-corrected chi connectivity index (χ2v) is 7.85. The number of hydrogen-bond donors (Lipinski definition) is 3. The number of terminal acetylenes is 1. The summed E-state index contributed by atoms with van der Waals surface area (Å²) >= 11 is 0. The third kappa shape index (κ3) is 11.6. The Morgan fingerprint density at radius 2 is 1.69 bits per heavy atom. The van der Waals surface area contributed by atoms with E-state index >= 15 is 0 Å². The number of carbonyl (C=O) groups is 4. The summed E-state index contributed by atoms with van der Waals surface area (Å²) in [5.41, 5.74) is -0.725. The third-order valence-electron chi connectivity index (χ3n) is 3.76. The number of hydrogen-bond acceptors (Lipinski definition) is 6. The Morgan fingerprint density at radius 1 is 1.07 bits per heavy atom. The molecule has 0 rings (SSSR count). The number of methoxy groups -OCH3 is 1. The van der Waals surface area contributed by atoms with Crippen molar-refractivity contribution in [2.75, 3.05) is 13.7 Å². The van der Waals surface area contributed by atoms with Crippen LogP contribution in [0.15, 0.2) is 0 Å². The lowest BCUT2D eigenvalue weighted by molar-refractivity contribution is -0.146. The van der Waals surface area contributed by atoms with E-state index in [1.54, 1.807) is 34.6 Å². The smallest absolute Gasteiger partial charge is 0.408 e. The van der Waals surface area contributed by atoms with Gasteiger partial charge in [0.05, 0.1) is 7.11 Å². The first-order valence-corrected chi connectivity index (χ1v) is 9.53. The fourth-order valence-corrected chi connectivity index (χ4v) is 2.32. The highest BCUT2D eigenvalue weighted by atomic mass is 16.6. The minimum atomic E-state index is -0.918. The van der Waals surface area contributed by atoms with Crippen LogP contribution in [0, 0.1) is 18.3 Å². The van der Waals surface area contributed by atoms with Crippen LogP contribution in [-0.2, 0) is 23.9 Å². The maximum Gasteiger partial charge on any atom is 0.408 e. The highest BCUT2D eigenvalue weighted by Gasteiger charge is 2.30. The van der Waals surface area contributed by atoms with E-state index in [4.69, 9.17) is 15.9 Å². The van der Waals surface area contributed by atoms with Gasteiger partial charge in [-0.15, -0.1) is 6.42 Å². The quantitative estimate of drug-likeness (QED) is 0.281. The Bertz CT molecular complexity index is 619. The molecule has 0 spiro atoms. The van der Waals surface area contributed by atoms with E-state index in [2.05, 4.69) is 16.0 Å². The zero-order valence-corrected chi connectivity index (χ0v) is 18.1. The van der Waals surface area contributed by atoms with E-state index in [-0.39, 0.29) is 12.3 Å². The molecular formula is C20H33N3O6. The molecule has 0 bridgehead atoms. The monoisotopic (exact) mass is 411 g/mol. The predicted molar refractivity (Wildman–Crippen MR) is 108 cm³/mol. The Labute approximate surface area is 172 Å². The number of ether oxygens (including phenoxy) is 2. The van der Waals surface area contributed by atoms with E-state index in [9.17, 15) is 19.2 Å². The van der Waals surface area contributed by atoms with Crippen LogP contribution in [0.25, 0.3) is 0 Å². The van der Waals surface area contributed by atoms with Crippen LogP contribution in [0.1, 0.15) is 53.9 Å². The molecule has 0 radical (unpaired) electrons. The van der Waals surface area contributed by atoms with Gasteiger partial charge in [-0.2, -0.15) is 0 Å². The molecule has 0 aromatic carbocycles. The average molecular weight is 411 g/mol. The average Bonchev–Trinajstić information content (AvgIpc) is 2.61. The van der Waals surface area contributed by atoms with Crippen molar-refractivity contribution in [2.24, 2.45) is 5.92 Å². The van der Waals surface area contributed by atoms with E-state index in [1.165, 1.54) is 7.11 Å². The van der Waals surface area contributed by atoms with Gasteiger partial charge in [-0.3, -0.25) is 9.59 Å². The molecule has 3 N–H and O–H groups in total. The molecule has 9 heteroatoms. The normalized spacial score (nSPS) is 12.9. The van der Waals surface area contributed by atoms with Gasteiger partial charge in [-0.25, -0.2) is 9.59 Å². The summed E-state index contributed by atoms with van der Waals surface area (Å²) in [5, 5.41) is 7.69. The fraction of sp³-hybridized carbons (Fsp3) is 0.700. The SMILES string of the molecule is C#CC(=O)NCCCC[C@H](NC(=O)OC(C)(C)C)C(=O)N[C@H](C(=O)OC)C(C)C. The Hall–Kier alpha value is -2.76. The van der Waals surface area contributed by atoms with Crippen molar-refractivity contribution in [3.05, 3.63) is 0 Å². The standard InChI is InChI=1S/C20H33N3O6/c1-8-15(24)21-12-10-9-11-14(22-19(27)29-20(4,5)6)17(25)23-16(13(2)3)18(26)28-7/h1,13-14,16H,9-12H2,2-7H3,(H,21,24)(H,22,27)(H,23,25)/t14-,16-/m0/s1. The lowest BCUT2D eigenvalue weighted by Gasteiger charge is -2.26. The lowest BCUT2D eigenvalue weighted by Crippen LogP contribution is -2.53. The largest absolute Gasteiger partial charge is 0.467 e. The topological polar surface area (TPSA) is 123 Å². The van der Waals surface area contributed by atoms with Gasteiger partial charge in [0.1, 0.15) is 17.7 Å². The molecule has 0 saturated heterocycles. The summed E-state index contributed by atoms with van der Waals surface area (Å²) < 4.78 is 9.94. The number of nitrogens with one attached hydrogen (secondary N) is 3. The van der Waals surface area contributed by atoms with Crippen LogP contribution >= 0.6 is 0 Å². The van der Waals surface area contributed by atoms with Crippen LogP contribution in [0.5, 0.6) is 0 Å². The fourth-order valence-electron chi connectivity index (χ4n) is 2.32. The van der Waals surface area contributed by atoms with Crippen LogP contribution in [-0.4, -0.2) is 55.2 Å². The predicted octanol–water partition coefficient (Wildman–Crippen LogP) is 1.11. The molecule has 0 aliphatic rings. The molecule has 2 atom stereocenters. The van der Waals surface area contributed by atoms with Crippen molar-refractivity contribution >= 4 is 23.9 Å². The maximum atomic E-state index is 12.7. The molecule has 0 aliphatic heterocycles. The van der Waals surface area contributed by atoms with E-state index < -0.39 is 41.6 Å². The highest BCUT2D eigenvalue weighted by molar-refractivity contribution is 5.92. The Morgan fingerprint density at radius 3 is 2.17 bits per heavy atom. The van der Waals surface area contributed by atoms with Gasteiger partial charge in [-0.1, -0.05) is 13.8 Å². The number of carbonyl (C=O) groups excluding carboxylic acids is 4. The molecule has 3 amide bonds. The molecule has 0 heterocycles. The molecule has 0 aromatic rings. The van der Waals surface area contributed by atoms with Crippen molar-refractivity contribution in [2.45, 2.75) is 71.6 Å². The summed E-state index contributed by atoms with van der Waals surface area (Å²) in [6, 6.07) is -1.76. The number of alkyl carbamates (subject to hydrolysis) is 1. The summed E-state index contributed by atoms with van der Waals surface area (Å²) in [6.07, 6.45) is 5.59. The van der Waals surface area contributed by atoms with Crippen molar-refractivity contribution in [1.29, 1.82) is 0 Å². The van der Waals surface area contributed by atoms with Gasteiger partial charge in [0.25, 0.3) is 5.91 Å². The van der Waals surface area contributed by atoms with Crippen LogP contribution in [0.4, 0.5) is 4.79 Å². The highest BCUT2D eigenvalue weighted by Crippen LogP contribution is 2.10. The summed E-state index contributed by atoms with van der Waals surface area (Å²) in [7, 11) is 1.24. The van der Waals surface area contributed by atoms with Gasteiger partial charge in [0.15, 0.2) is 0 Å². The van der Waals surface area contributed by atoms with Crippen LogP contribution in [0.3, 0.4) is 0 Å². The number of unbranched alkanes of at least 4 members (excludes halogenated alkanes) is 1. The van der Waals surface area contributed by atoms with Gasteiger partial charge < -0.3 is 25.4 Å². The molecule has 0 aliphatic carbocycles. The first-order chi connectivity index (χ1) is 13.4. The van der Waals surface area contributed by atoms with Crippen molar-refractivity contribution in [3.8, 4) is 12.3 Å². The molecule has 164 valence electrons. The summed E-state index contributed by atoms with van der Waals surface area (Å²) in [4.78, 5) is 47.8. The van der Waals surface area contributed by atoms with Crippen LogP contribution in [0.2, 0.25) is 0 Å². The third-order valence-corrected chi connectivity index (χ3v) is 3.76. The molecule has 0 unspecified atom stereocenters. The Balaban J connectivity index is 5.02. The number of esters is 1. The second kappa shape index (κ2) is 12.6. The summed E-state index contributed by atoms with van der Waals surface area (Å²) in [5.74, 6) is 0.147. The molecule has 0 aromatic heterocycles. The minimum absolute atomic E-state index is 0.201. The minimum Gasteiger partial charge on any atom is -0.467 e. The number of amides is 3.